The van der Waals surface area contributed by atoms with Crippen LogP contribution >= 0.6 is 0 Å². The van der Waals surface area contributed by atoms with Crippen LogP contribution in [0.1, 0.15) is 25.7 Å². The van der Waals surface area contributed by atoms with Gasteiger partial charge in [-0.05, 0) is 52.4 Å². The average molecular weight is 225 g/mol. The number of hydrogen-bond acceptors (Lipinski definition) is 3. The van der Waals surface area contributed by atoms with Crippen molar-refractivity contribution < 1.29 is 0 Å². The highest BCUT2D eigenvalue weighted by molar-refractivity contribution is 4.80. The maximum absolute atomic E-state index is 3.56. The van der Waals surface area contributed by atoms with E-state index in [1.165, 1.54) is 58.4 Å². The smallest absolute Gasteiger partial charge is 0.0217 e. The Morgan fingerprint density at radius 1 is 1.31 bits per heavy atom. The molecule has 2 fully saturated rings. The Morgan fingerprint density at radius 3 is 2.94 bits per heavy atom. The summed E-state index contributed by atoms with van der Waals surface area (Å²) in [7, 11) is 4.56. The first-order chi connectivity index (χ1) is 7.75. The quantitative estimate of drug-likeness (QED) is 0.773. The zero-order valence-electron chi connectivity index (χ0n) is 10.9. The zero-order chi connectivity index (χ0) is 11.4. The lowest BCUT2D eigenvalue weighted by Crippen LogP contribution is -2.41. The molecule has 0 saturated carbocycles. The fourth-order valence-corrected chi connectivity index (χ4v) is 3.11. The molecule has 1 N–H and O–H groups in total. The Hall–Kier alpha value is -0.120. The summed E-state index contributed by atoms with van der Waals surface area (Å²) < 4.78 is 0. The predicted octanol–water partition coefficient (Wildman–Crippen LogP) is 1.01. The summed E-state index contributed by atoms with van der Waals surface area (Å²) in [5, 5.41) is 3.56. The number of rotatable bonds is 3. The van der Waals surface area contributed by atoms with Crippen molar-refractivity contribution in [2.24, 2.45) is 5.92 Å². The molecule has 2 saturated heterocycles. The van der Waals surface area contributed by atoms with E-state index in [2.05, 4.69) is 29.2 Å². The summed E-state index contributed by atoms with van der Waals surface area (Å²) in [6.45, 7) is 6.29. The van der Waals surface area contributed by atoms with Gasteiger partial charge in [0.05, 0.1) is 0 Å². The Kier molecular flexibility index (Phi) is 4.62. The molecule has 0 aromatic carbocycles. The van der Waals surface area contributed by atoms with Crippen molar-refractivity contribution >= 4 is 0 Å². The lowest BCUT2D eigenvalue weighted by Gasteiger charge is -2.29. The van der Waals surface area contributed by atoms with Crippen LogP contribution in [0.15, 0.2) is 0 Å². The molecular formula is C13H27N3. The van der Waals surface area contributed by atoms with Gasteiger partial charge in [-0.3, -0.25) is 0 Å². The summed E-state index contributed by atoms with van der Waals surface area (Å²) >= 11 is 0. The first-order valence-electron chi connectivity index (χ1n) is 6.85. The van der Waals surface area contributed by atoms with Gasteiger partial charge >= 0.3 is 0 Å². The molecule has 0 amide bonds. The molecule has 2 atom stereocenters. The predicted molar refractivity (Wildman–Crippen MR) is 68.7 cm³/mol. The molecular weight excluding hydrogens is 198 g/mol. The minimum absolute atomic E-state index is 0.772. The fraction of sp³-hybridized carbons (Fsp3) is 1.00. The van der Waals surface area contributed by atoms with Crippen LogP contribution in [-0.4, -0.2) is 62.7 Å². The zero-order valence-corrected chi connectivity index (χ0v) is 10.9. The topological polar surface area (TPSA) is 18.5 Å². The fourth-order valence-electron chi connectivity index (χ4n) is 3.11. The summed E-state index contributed by atoms with van der Waals surface area (Å²) in [6.07, 6.45) is 5.52. The Balaban J connectivity index is 1.75. The molecule has 94 valence electrons. The van der Waals surface area contributed by atoms with Crippen LogP contribution in [-0.2, 0) is 0 Å². The van der Waals surface area contributed by atoms with Crippen molar-refractivity contribution in [1.29, 1.82) is 0 Å². The van der Waals surface area contributed by atoms with Gasteiger partial charge in [-0.15, -0.1) is 0 Å². The van der Waals surface area contributed by atoms with Gasteiger partial charge in [-0.1, -0.05) is 6.42 Å². The van der Waals surface area contributed by atoms with E-state index in [-0.39, 0.29) is 0 Å². The molecule has 3 heteroatoms. The third-order valence-electron chi connectivity index (χ3n) is 4.18. The molecule has 2 aliphatic rings. The van der Waals surface area contributed by atoms with Crippen molar-refractivity contribution in [3.05, 3.63) is 0 Å². The SMILES string of the molecule is CN1CCC(CN(C)C2CCCCNC2)C1. The van der Waals surface area contributed by atoms with E-state index in [1.54, 1.807) is 0 Å². The largest absolute Gasteiger partial charge is 0.315 e. The summed E-state index contributed by atoms with van der Waals surface area (Å²) in [6, 6.07) is 0.772. The van der Waals surface area contributed by atoms with E-state index in [0.29, 0.717) is 0 Å². The van der Waals surface area contributed by atoms with E-state index < -0.39 is 0 Å². The molecule has 2 rings (SSSR count). The van der Waals surface area contributed by atoms with Gasteiger partial charge in [0.15, 0.2) is 0 Å². The Labute approximate surface area is 100 Å². The van der Waals surface area contributed by atoms with Crippen molar-refractivity contribution in [2.45, 2.75) is 31.7 Å². The summed E-state index contributed by atoms with van der Waals surface area (Å²) in [4.78, 5) is 5.06. The van der Waals surface area contributed by atoms with E-state index in [9.17, 15) is 0 Å². The molecule has 2 aliphatic heterocycles. The number of likely N-dealkylation sites (tertiary alicyclic amines) is 1. The highest BCUT2D eigenvalue weighted by Crippen LogP contribution is 2.18. The molecule has 0 aliphatic carbocycles. The normalized spacial score (nSPS) is 33.2. The summed E-state index contributed by atoms with van der Waals surface area (Å²) in [5.41, 5.74) is 0. The number of likely N-dealkylation sites (N-methyl/N-ethyl adjacent to an activating group) is 1. The highest BCUT2D eigenvalue weighted by atomic mass is 15.2. The van der Waals surface area contributed by atoms with Crippen LogP contribution in [0.3, 0.4) is 0 Å². The number of nitrogens with one attached hydrogen (secondary N) is 1. The van der Waals surface area contributed by atoms with Gasteiger partial charge in [0.2, 0.25) is 0 Å². The van der Waals surface area contributed by atoms with Gasteiger partial charge in [0.1, 0.15) is 0 Å². The number of hydrogen-bond donors (Lipinski definition) is 1. The Bertz CT molecular complexity index is 199. The highest BCUT2D eigenvalue weighted by Gasteiger charge is 2.24. The Morgan fingerprint density at radius 2 is 2.19 bits per heavy atom. The second-order valence-electron chi connectivity index (χ2n) is 5.71. The third kappa shape index (κ3) is 3.44. The average Bonchev–Trinajstić information content (AvgIpc) is 2.56. The van der Waals surface area contributed by atoms with E-state index >= 15 is 0 Å². The van der Waals surface area contributed by atoms with Crippen molar-refractivity contribution in [3.8, 4) is 0 Å². The van der Waals surface area contributed by atoms with E-state index in [0.717, 1.165) is 12.0 Å². The second kappa shape index (κ2) is 5.99. The molecule has 3 nitrogen and oxygen atoms in total. The second-order valence-corrected chi connectivity index (χ2v) is 5.71. The van der Waals surface area contributed by atoms with Crippen LogP contribution in [0, 0.1) is 5.92 Å². The maximum Gasteiger partial charge on any atom is 0.0217 e. The lowest BCUT2D eigenvalue weighted by atomic mass is 10.1. The molecule has 0 aromatic rings. The van der Waals surface area contributed by atoms with Crippen LogP contribution in [0.25, 0.3) is 0 Å². The molecule has 0 bridgehead atoms. The van der Waals surface area contributed by atoms with Gasteiger partial charge in [0, 0.05) is 25.7 Å². The van der Waals surface area contributed by atoms with Crippen LogP contribution in [0.2, 0.25) is 0 Å². The first-order valence-corrected chi connectivity index (χ1v) is 6.85. The summed E-state index contributed by atoms with van der Waals surface area (Å²) in [5.74, 6) is 0.901. The van der Waals surface area contributed by atoms with Crippen LogP contribution < -0.4 is 5.32 Å². The number of nitrogens with zero attached hydrogens (tertiary/aromatic N) is 2. The van der Waals surface area contributed by atoms with E-state index in [1.807, 2.05) is 0 Å². The van der Waals surface area contributed by atoms with Gasteiger partial charge < -0.3 is 15.1 Å². The minimum Gasteiger partial charge on any atom is -0.315 e. The minimum atomic E-state index is 0.772. The first kappa shape index (κ1) is 12.3. The standard InChI is InChI=1S/C13H27N3/c1-15-8-6-12(10-15)11-16(2)13-5-3-4-7-14-9-13/h12-14H,3-11H2,1-2H3. The van der Waals surface area contributed by atoms with Crippen molar-refractivity contribution in [3.63, 3.8) is 0 Å². The molecule has 2 unspecified atom stereocenters. The lowest BCUT2D eigenvalue weighted by molar-refractivity contribution is 0.197. The molecule has 0 aromatic heterocycles. The van der Waals surface area contributed by atoms with Crippen molar-refractivity contribution in [2.75, 3.05) is 46.8 Å². The monoisotopic (exact) mass is 225 g/mol. The third-order valence-corrected chi connectivity index (χ3v) is 4.18. The van der Waals surface area contributed by atoms with Gasteiger partial charge in [0.25, 0.3) is 0 Å². The molecule has 16 heavy (non-hydrogen) atoms. The molecule has 0 radical (unpaired) electrons. The van der Waals surface area contributed by atoms with Gasteiger partial charge in [-0.25, -0.2) is 0 Å². The molecule has 0 spiro atoms. The van der Waals surface area contributed by atoms with Crippen LogP contribution in [0.4, 0.5) is 0 Å². The van der Waals surface area contributed by atoms with Gasteiger partial charge in [-0.2, -0.15) is 0 Å². The maximum atomic E-state index is 3.56. The van der Waals surface area contributed by atoms with Crippen LogP contribution in [0.5, 0.6) is 0 Å². The molecule has 2 heterocycles. The van der Waals surface area contributed by atoms with E-state index in [4.69, 9.17) is 0 Å². The van der Waals surface area contributed by atoms with Crippen molar-refractivity contribution in [1.82, 2.24) is 15.1 Å².